The van der Waals surface area contributed by atoms with Gasteiger partial charge in [0.1, 0.15) is 11.6 Å². The molecule has 3 heterocycles. The fourth-order valence-corrected chi connectivity index (χ4v) is 5.93. The lowest BCUT2D eigenvalue weighted by atomic mass is 9.84. The monoisotopic (exact) mass is 487 g/mol. The zero-order valence-electron chi connectivity index (χ0n) is 16.2. The van der Waals surface area contributed by atoms with Crippen LogP contribution in [-0.2, 0) is 17.6 Å². The van der Waals surface area contributed by atoms with E-state index in [9.17, 15) is 0 Å². The molecule has 3 aliphatic heterocycles. The highest BCUT2D eigenvalue weighted by atomic mass is 79.9. The third-order valence-electron chi connectivity index (χ3n) is 6.56. The highest BCUT2D eigenvalue weighted by Gasteiger charge is 2.50. The summed E-state index contributed by atoms with van der Waals surface area (Å²) in [6.45, 7) is 0.742. The van der Waals surface area contributed by atoms with Crippen LogP contribution in [0.3, 0.4) is 0 Å². The molecule has 0 radical (unpaired) electrons. The minimum Gasteiger partial charge on any atom is -0.493 e. The molecule has 0 aromatic heterocycles. The summed E-state index contributed by atoms with van der Waals surface area (Å²) in [6, 6.07) is 12.2. The maximum absolute atomic E-state index is 15.1. The van der Waals surface area contributed by atoms with E-state index in [2.05, 4.69) is 39.0 Å². The van der Waals surface area contributed by atoms with E-state index >= 15 is 4.39 Å². The number of aryl methyl sites for hydroxylation is 1. The number of halogens is 3. The van der Waals surface area contributed by atoms with Crippen molar-refractivity contribution in [3.8, 4) is 5.75 Å². The van der Waals surface area contributed by atoms with E-state index < -0.39 is 0 Å². The quantitative estimate of drug-likeness (QED) is 0.473. The first-order valence-electron chi connectivity index (χ1n) is 10.3. The van der Waals surface area contributed by atoms with Crippen molar-refractivity contribution in [2.75, 3.05) is 11.5 Å². The Morgan fingerprint density at radius 1 is 1.13 bits per heavy atom. The van der Waals surface area contributed by atoms with Gasteiger partial charge in [-0.1, -0.05) is 39.7 Å². The second-order valence-corrected chi connectivity index (χ2v) is 9.68. The van der Waals surface area contributed by atoms with Crippen LogP contribution in [0.2, 0.25) is 5.02 Å². The number of hydrogen-bond donors (Lipinski definition) is 0. The van der Waals surface area contributed by atoms with Crippen LogP contribution in [0.1, 0.15) is 29.3 Å². The van der Waals surface area contributed by atoms with Crippen LogP contribution < -0.4 is 9.64 Å². The molecule has 0 amide bonds. The van der Waals surface area contributed by atoms with E-state index in [-0.39, 0.29) is 30.1 Å². The average Bonchev–Trinajstić information content (AvgIpc) is 3.10. The van der Waals surface area contributed by atoms with Crippen LogP contribution in [0.5, 0.6) is 5.75 Å². The van der Waals surface area contributed by atoms with Crippen molar-refractivity contribution in [2.24, 2.45) is 5.92 Å². The summed E-state index contributed by atoms with van der Waals surface area (Å²) >= 11 is 9.71. The fraction of sp³-hybridized carbons (Fsp3) is 0.333. The molecule has 154 valence electrons. The van der Waals surface area contributed by atoms with Crippen molar-refractivity contribution in [1.82, 2.24) is 0 Å². The summed E-state index contributed by atoms with van der Waals surface area (Å²) in [7, 11) is 0. The first-order chi connectivity index (χ1) is 14.6. The van der Waals surface area contributed by atoms with Crippen molar-refractivity contribution in [3.63, 3.8) is 0 Å². The Labute approximate surface area is 188 Å². The lowest BCUT2D eigenvalue weighted by Gasteiger charge is -2.48. The third kappa shape index (κ3) is 2.94. The van der Waals surface area contributed by atoms with Gasteiger partial charge in [0.05, 0.1) is 18.6 Å². The van der Waals surface area contributed by atoms with E-state index in [1.165, 1.54) is 5.56 Å². The SMILES string of the molecule is FC1=CC(Br)=CC2OC(c3ccc4c(c3)OCCC4)N3c4ccc(Cl)cc4CC3C12. The van der Waals surface area contributed by atoms with Gasteiger partial charge in [-0.2, -0.15) is 0 Å². The van der Waals surface area contributed by atoms with Gasteiger partial charge < -0.3 is 14.4 Å². The van der Waals surface area contributed by atoms with Crippen LogP contribution in [0.25, 0.3) is 0 Å². The van der Waals surface area contributed by atoms with Crippen molar-refractivity contribution in [3.05, 3.63) is 80.6 Å². The average molecular weight is 489 g/mol. The molecule has 2 aromatic carbocycles. The molecular weight excluding hydrogens is 469 g/mol. The number of hydrogen-bond acceptors (Lipinski definition) is 3. The topological polar surface area (TPSA) is 21.7 Å². The minimum atomic E-state index is -0.345. The van der Waals surface area contributed by atoms with Gasteiger partial charge in [0.15, 0.2) is 6.23 Å². The summed E-state index contributed by atoms with van der Waals surface area (Å²) in [4.78, 5) is 2.23. The van der Waals surface area contributed by atoms with Crippen LogP contribution in [0.4, 0.5) is 10.1 Å². The van der Waals surface area contributed by atoms with Crippen LogP contribution in [-0.4, -0.2) is 18.8 Å². The van der Waals surface area contributed by atoms with Crippen molar-refractivity contribution >= 4 is 33.2 Å². The second-order valence-electron chi connectivity index (χ2n) is 8.33. The predicted octanol–water partition coefficient (Wildman–Crippen LogP) is 6.26. The Balaban J connectivity index is 1.47. The van der Waals surface area contributed by atoms with Crippen molar-refractivity contribution in [2.45, 2.75) is 37.6 Å². The molecule has 6 heteroatoms. The zero-order chi connectivity index (χ0) is 20.4. The minimum absolute atomic E-state index is 0.0349. The van der Waals surface area contributed by atoms with Gasteiger partial charge in [-0.05, 0) is 66.8 Å². The summed E-state index contributed by atoms with van der Waals surface area (Å²) in [5.41, 5.74) is 4.46. The number of nitrogens with zero attached hydrogens (tertiary/aromatic N) is 1. The van der Waals surface area contributed by atoms with E-state index in [0.29, 0.717) is 5.02 Å². The van der Waals surface area contributed by atoms with Gasteiger partial charge >= 0.3 is 0 Å². The fourth-order valence-electron chi connectivity index (χ4n) is 5.26. The molecule has 1 saturated heterocycles. The third-order valence-corrected chi connectivity index (χ3v) is 7.28. The molecule has 1 aliphatic carbocycles. The molecular formula is C24H20BrClFNO2. The molecule has 0 spiro atoms. The van der Waals surface area contributed by atoms with Gasteiger partial charge in [-0.3, -0.25) is 0 Å². The molecule has 4 atom stereocenters. The molecule has 0 N–H and O–H groups in total. The van der Waals surface area contributed by atoms with Gasteiger partial charge in [0.25, 0.3) is 0 Å². The molecule has 1 fully saturated rings. The zero-order valence-corrected chi connectivity index (χ0v) is 18.5. The van der Waals surface area contributed by atoms with Crippen molar-refractivity contribution in [1.29, 1.82) is 0 Å². The maximum Gasteiger partial charge on any atom is 0.157 e. The molecule has 0 bridgehead atoms. The summed E-state index contributed by atoms with van der Waals surface area (Å²) in [5.74, 6) is 0.445. The normalized spacial score (nSPS) is 29.1. The Morgan fingerprint density at radius 3 is 2.93 bits per heavy atom. The Bertz CT molecular complexity index is 1100. The number of fused-ring (bicyclic) bond motifs is 6. The van der Waals surface area contributed by atoms with E-state index in [4.69, 9.17) is 21.1 Å². The van der Waals surface area contributed by atoms with Crippen molar-refractivity contribution < 1.29 is 13.9 Å². The highest BCUT2D eigenvalue weighted by molar-refractivity contribution is 9.11. The first-order valence-corrected chi connectivity index (χ1v) is 11.5. The molecule has 3 nitrogen and oxygen atoms in total. The number of anilines is 1. The van der Waals surface area contributed by atoms with Gasteiger partial charge in [-0.25, -0.2) is 4.39 Å². The van der Waals surface area contributed by atoms with Gasteiger partial charge in [0.2, 0.25) is 0 Å². The second kappa shape index (κ2) is 7.11. The highest BCUT2D eigenvalue weighted by Crippen LogP contribution is 2.51. The van der Waals surface area contributed by atoms with E-state index in [1.807, 2.05) is 24.3 Å². The molecule has 4 aliphatic rings. The van der Waals surface area contributed by atoms with Gasteiger partial charge in [0, 0.05) is 26.8 Å². The first kappa shape index (κ1) is 18.9. The summed E-state index contributed by atoms with van der Waals surface area (Å²) in [5, 5.41) is 0.701. The Kier molecular flexibility index (Phi) is 4.48. The van der Waals surface area contributed by atoms with E-state index in [0.717, 1.165) is 52.9 Å². The largest absolute Gasteiger partial charge is 0.493 e. The van der Waals surface area contributed by atoms with E-state index in [1.54, 1.807) is 6.08 Å². The smallest absolute Gasteiger partial charge is 0.157 e. The Hall–Kier alpha value is -1.82. The number of allylic oxidation sites excluding steroid dienone is 2. The maximum atomic E-state index is 15.1. The molecule has 0 saturated carbocycles. The lowest BCUT2D eigenvalue weighted by molar-refractivity contribution is -0.0610. The predicted molar refractivity (Wildman–Crippen MR) is 119 cm³/mol. The van der Waals surface area contributed by atoms with Crippen LogP contribution in [0, 0.1) is 5.92 Å². The molecule has 30 heavy (non-hydrogen) atoms. The lowest BCUT2D eigenvalue weighted by Crippen LogP contribution is -2.53. The summed E-state index contributed by atoms with van der Waals surface area (Å²) in [6.07, 6.45) is 5.70. The number of benzene rings is 2. The molecule has 2 aromatic rings. The molecule has 4 unspecified atom stereocenters. The number of rotatable bonds is 1. The number of ether oxygens (including phenoxy) is 2. The van der Waals surface area contributed by atoms with Gasteiger partial charge in [-0.15, -0.1) is 0 Å². The molecule has 6 rings (SSSR count). The van der Waals surface area contributed by atoms with Crippen LogP contribution in [0.15, 0.2) is 58.9 Å². The standard InChI is InChI=1S/C24H20BrClFNO2/c25-16-11-18(27)23-20-9-15-8-17(26)5-6-19(15)28(20)24(30-22(23)12-16)14-4-3-13-2-1-7-29-21(13)10-14/h3-6,8,10-12,20,22-24H,1-2,7,9H2. The van der Waals surface area contributed by atoms with Crippen LogP contribution >= 0.6 is 27.5 Å². The summed E-state index contributed by atoms with van der Waals surface area (Å²) < 4.78 is 28.3. The Morgan fingerprint density at radius 2 is 2.03 bits per heavy atom.